The SMILES string of the molecule is O=C(Cc1ccc(Cl)cc1)Nc1ccc(-c2nccn3cc(-c4ccc(F)cc4)cc23)cc1. The summed E-state index contributed by atoms with van der Waals surface area (Å²) in [5, 5.41) is 3.57. The van der Waals surface area contributed by atoms with Gasteiger partial charge < -0.3 is 9.72 Å². The molecular weight excluding hydrogens is 437 g/mol. The maximum atomic E-state index is 13.3. The van der Waals surface area contributed by atoms with E-state index in [2.05, 4.69) is 10.3 Å². The molecule has 0 aliphatic heterocycles. The highest BCUT2D eigenvalue weighted by Crippen LogP contribution is 2.29. The molecule has 0 bridgehead atoms. The largest absolute Gasteiger partial charge is 0.326 e. The molecule has 0 saturated carbocycles. The number of nitrogens with one attached hydrogen (secondary N) is 1. The summed E-state index contributed by atoms with van der Waals surface area (Å²) in [7, 11) is 0. The van der Waals surface area contributed by atoms with Gasteiger partial charge in [-0.1, -0.05) is 48.0 Å². The number of nitrogens with zero attached hydrogens (tertiary/aromatic N) is 2. The van der Waals surface area contributed by atoms with Crippen LogP contribution in [0.25, 0.3) is 27.9 Å². The highest BCUT2D eigenvalue weighted by Gasteiger charge is 2.10. The second-order valence-corrected chi connectivity index (χ2v) is 8.17. The van der Waals surface area contributed by atoms with Crippen molar-refractivity contribution in [3.63, 3.8) is 0 Å². The van der Waals surface area contributed by atoms with Crippen LogP contribution >= 0.6 is 11.6 Å². The van der Waals surface area contributed by atoms with Crippen LogP contribution in [0, 0.1) is 5.82 Å². The molecule has 3 aromatic carbocycles. The fourth-order valence-corrected chi connectivity index (χ4v) is 3.89. The van der Waals surface area contributed by atoms with E-state index < -0.39 is 0 Å². The predicted molar refractivity (Wildman–Crippen MR) is 130 cm³/mol. The molecule has 2 heterocycles. The molecule has 5 rings (SSSR count). The third kappa shape index (κ3) is 4.64. The second kappa shape index (κ2) is 8.88. The molecule has 0 fully saturated rings. The molecule has 0 radical (unpaired) electrons. The summed E-state index contributed by atoms with van der Waals surface area (Å²) in [6, 6.07) is 23.3. The van der Waals surface area contributed by atoms with Gasteiger partial charge in [0.2, 0.25) is 5.91 Å². The van der Waals surface area contributed by atoms with Crippen molar-refractivity contribution in [3.8, 4) is 22.4 Å². The van der Waals surface area contributed by atoms with Crippen LogP contribution in [0.1, 0.15) is 5.56 Å². The van der Waals surface area contributed by atoms with Crippen molar-refractivity contribution in [1.29, 1.82) is 0 Å². The van der Waals surface area contributed by atoms with Crippen LogP contribution in [0.4, 0.5) is 10.1 Å². The van der Waals surface area contributed by atoms with Crippen molar-refractivity contribution in [2.45, 2.75) is 6.42 Å². The molecule has 0 atom stereocenters. The Labute approximate surface area is 195 Å². The van der Waals surface area contributed by atoms with Gasteiger partial charge in [0, 0.05) is 40.4 Å². The van der Waals surface area contributed by atoms with E-state index in [1.165, 1.54) is 12.1 Å². The first kappa shape index (κ1) is 20.9. The smallest absolute Gasteiger partial charge is 0.228 e. The van der Waals surface area contributed by atoms with Gasteiger partial charge >= 0.3 is 0 Å². The molecule has 2 aromatic heterocycles. The third-order valence-corrected chi connectivity index (χ3v) is 5.67. The first-order valence-electron chi connectivity index (χ1n) is 10.4. The van der Waals surface area contributed by atoms with E-state index in [-0.39, 0.29) is 18.1 Å². The second-order valence-electron chi connectivity index (χ2n) is 7.73. The van der Waals surface area contributed by atoms with Crippen LogP contribution in [0.5, 0.6) is 0 Å². The zero-order chi connectivity index (χ0) is 22.8. The summed E-state index contributed by atoms with van der Waals surface area (Å²) in [5.41, 5.74) is 6.23. The molecule has 6 heteroatoms. The van der Waals surface area contributed by atoms with E-state index in [0.29, 0.717) is 10.7 Å². The van der Waals surface area contributed by atoms with Crippen molar-refractivity contribution in [1.82, 2.24) is 9.38 Å². The number of fused-ring (bicyclic) bond motifs is 1. The lowest BCUT2D eigenvalue weighted by atomic mass is 10.1. The number of anilines is 1. The van der Waals surface area contributed by atoms with E-state index in [4.69, 9.17) is 11.6 Å². The molecule has 0 aliphatic carbocycles. The van der Waals surface area contributed by atoms with E-state index in [0.717, 1.165) is 33.5 Å². The van der Waals surface area contributed by atoms with Gasteiger partial charge in [-0.25, -0.2) is 4.39 Å². The molecular formula is C27H19ClFN3O. The number of halogens is 2. The Balaban J connectivity index is 1.36. The zero-order valence-electron chi connectivity index (χ0n) is 17.5. The molecule has 5 aromatic rings. The average molecular weight is 456 g/mol. The van der Waals surface area contributed by atoms with Gasteiger partial charge in [-0.15, -0.1) is 0 Å². The lowest BCUT2D eigenvalue weighted by Gasteiger charge is -2.08. The van der Waals surface area contributed by atoms with Crippen LogP contribution in [-0.4, -0.2) is 15.3 Å². The maximum absolute atomic E-state index is 13.3. The Hall–Kier alpha value is -3.96. The first-order valence-corrected chi connectivity index (χ1v) is 10.8. The Morgan fingerprint density at radius 3 is 2.33 bits per heavy atom. The molecule has 4 nitrogen and oxygen atoms in total. The Morgan fingerprint density at radius 2 is 1.61 bits per heavy atom. The first-order chi connectivity index (χ1) is 16.0. The predicted octanol–water partition coefficient (Wildman–Crippen LogP) is 6.64. The number of hydrogen-bond donors (Lipinski definition) is 1. The molecule has 33 heavy (non-hydrogen) atoms. The van der Waals surface area contributed by atoms with Gasteiger partial charge in [0.25, 0.3) is 0 Å². The van der Waals surface area contributed by atoms with Crippen molar-refractivity contribution in [3.05, 3.63) is 114 Å². The van der Waals surface area contributed by atoms with Crippen LogP contribution in [0.15, 0.2) is 97.5 Å². The number of aromatic nitrogens is 2. The quantitative estimate of drug-likeness (QED) is 0.323. The topological polar surface area (TPSA) is 46.4 Å². The van der Waals surface area contributed by atoms with Gasteiger partial charge in [0.05, 0.1) is 17.6 Å². The number of carbonyl (C=O) groups is 1. The van der Waals surface area contributed by atoms with E-state index in [1.807, 2.05) is 59.3 Å². The minimum absolute atomic E-state index is 0.0965. The van der Waals surface area contributed by atoms with Crippen LogP contribution < -0.4 is 5.32 Å². The zero-order valence-corrected chi connectivity index (χ0v) is 18.3. The van der Waals surface area contributed by atoms with Crippen LogP contribution in [-0.2, 0) is 11.2 Å². The number of amides is 1. The Morgan fingerprint density at radius 1 is 0.909 bits per heavy atom. The summed E-state index contributed by atoms with van der Waals surface area (Å²) >= 11 is 5.90. The van der Waals surface area contributed by atoms with Crippen molar-refractivity contribution in [2.24, 2.45) is 0 Å². The molecule has 1 amide bonds. The fraction of sp³-hybridized carbons (Fsp3) is 0.0370. The molecule has 0 spiro atoms. The normalized spacial score (nSPS) is 11.0. The summed E-state index contributed by atoms with van der Waals surface area (Å²) in [5.74, 6) is -0.356. The lowest BCUT2D eigenvalue weighted by molar-refractivity contribution is -0.115. The number of carbonyl (C=O) groups excluding carboxylic acids is 1. The van der Waals surface area contributed by atoms with E-state index in [9.17, 15) is 9.18 Å². The van der Waals surface area contributed by atoms with Crippen LogP contribution in [0.3, 0.4) is 0 Å². The summed E-state index contributed by atoms with van der Waals surface area (Å²) in [4.78, 5) is 16.9. The monoisotopic (exact) mass is 455 g/mol. The van der Waals surface area contributed by atoms with Gasteiger partial charge in [0.15, 0.2) is 0 Å². The summed E-state index contributed by atoms with van der Waals surface area (Å²) in [6.07, 6.45) is 5.91. The van der Waals surface area contributed by atoms with Gasteiger partial charge in [-0.3, -0.25) is 9.78 Å². The van der Waals surface area contributed by atoms with Gasteiger partial charge in [-0.2, -0.15) is 0 Å². The highest BCUT2D eigenvalue weighted by molar-refractivity contribution is 6.30. The molecule has 1 N–H and O–H groups in total. The van der Waals surface area contributed by atoms with Gasteiger partial charge in [0.1, 0.15) is 5.82 Å². The summed E-state index contributed by atoms with van der Waals surface area (Å²) in [6.45, 7) is 0. The van der Waals surface area contributed by atoms with E-state index >= 15 is 0 Å². The number of rotatable bonds is 5. The van der Waals surface area contributed by atoms with E-state index in [1.54, 1.807) is 30.5 Å². The van der Waals surface area contributed by atoms with Gasteiger partial charge in [-0.05, 0) is 53.6 Å². The minimum atomic E-state index is -0.259. The average Bonchev–Trinajstić information content (AvgIpc) is 3.26. The number of hydrogen-bond acceptors (Lipinski definition) is 2. The highest BCUT2D eigenvalue weighted by atomic mass is 35.5. The Kier molecular flexibility index (Phi) is 5.63. The Bertz CT molecular complexity index is 1430. The van der Waals surface area contributed by atoms with Crippen molar-refractivity contribution >= 4 is 28.7 Å². The molecule has 0 saturated heterocycles. The molecule has 0 unspecified atom stereocenters. The van der Waals surface area contributed by atoms with Crippen molar-refractivity contribution < 1.29 is 9.18 Å². The fourth-order valence-electron chi connectivity index (χ4n) is 3.77. The van der Waals surface area contributed by atoms with Crippen molar-refractivity contribution in [2.75, 3.05) is 5.32 Å². The standard InChI is InChI=1S/C27H19ClFN3O/c28-22-7-1-18(2-8-22)15-26(33)31-24-11-5-20(6-12-24)27-25-16-21(17-32(25)14-13-30-27)19-3-9-23(29)10-4-19/h1-14,16-17H,15H2,(H,31,33). The minimum Gasteiger partial charge on any atom is -0.326 e. The number of benzene rings is 3. The lowest BCUT2D eigenvalue weighted by Crippen LogP contribution is -2.14. The summed E-state index contributed by atoms with van der Waals surface area (Å²) < 4.78 is 15.3. The maximum Gasteiger partial charge on any atom is 0.228 e. The molecule has 0 aliphatic rings. The van der Waals surface area contributed by atoms with Crippen LogP contribution in [0.2, 0.25) is 5.02 Å². The third-order valence-electron chi connectivity index (χ3n) is 5.42. The molecule has 162 valence electrons.